The Hall–Kier alpha value is -0.860. The van der Waals surface area contributed by atoms with E-state index >= 15 is 0 Å². The van der Waals surface area contributed by atoms with E-state index in [2.05, 4.69) is 42.6 Å². The third-order valence-electron chi connectivity index (χ3n) is 3.89. The molecule has 2 rings (SSSR count). The lowest BCUT2D eigenvalue weighted by atomic mass is 9.97. The summed E-state index contributed by atoms with van der Waals surface area (Å²) in [5.74, 6) is 0. The Bertz CT molecular complexity index is 332. The quantitative estimate of drug-likeness (QED) is 0.798. The SMILES string of the molecule is CCCNC(CCC1CCCCO1)c1ccccc1. The molecule has 1 aliphatic heterocycles. The van der Waals surface area contributed by atoms with Gasteiger partial charge in [0, 0.05) is 12.6 Å². The molecule has 1 N–H and O–H groups in total. The molecule has 0 radical (unpaired) electrons. The monoisotopic (exact) mass is 261 g/mol. The van der Waals surface area contributed by atoms with E-state index in [4.69, 9.17) is 4.74 Å². The number of rotatable bonds is 7. The van der Waals surface area contributed by atoms with E-state index in [-0.39, 0.29) is 0 Å². The van der Waals surface area contributed by atoms with Crippen molar-refractivity contribution in [2.24, 2.45) is 0 Å². The van der Waals surface area contributed by atoms with Gasteiger partial charge < -0.3 is 10.1 Å². The van der Waals surface area contributed by atoms with Gasteiger partial charge >= 0.3 is 0 Å². The second-order valence-electron chi connectivity index (χ2n) is 5.48. The molecule has 1 aromatic rings. The van der Waals surface area contributed by atoms with Gasteiger partial charge in [0.1, 0.15) is 0 Å². The maximum absolute atomic E-state index is 5.84. The molecule has 1 heterocycles. The van der Waals surface area contributed by atoms with E-state index in [1.54, 1.807) is 0 Å². The lowest BCUT2D eigenvalue weighted by Gasteiger charge is -2.25. The number of nitrogens with one attached hydrogen (secondary N) is 1. The highest BCUT2D eigenvalue weighted by Gasteiger charge is 2.17. The summed E-state index contributed by atoms with van der Waals surface area (Å²) in [6.07, 6.45) is 7.85. The molecular weight excluding hydrogens is 234 g/mol. The van der Waals surface area contributed by atoms with E-state index in [1.165, 1.54) is 44.1 Å². The molecule has 1 fully saturated rings. The summed E-state index contributed by atoms with van der Waals surface area (Å²) in [7, 11) is 0. The van der Waals surface area contributed by atoms with Gasteiger partial charge in [-0.25, -0.2) is 0 Å². The van der Waals surface area contributed by atoms with Crippen LogP contribution in [0.4, 0.5) is 0 Å². The van der Waals surface area contributed by atoms with Gasteiger partial charge in [-0.1, -0.05) is 37.3 Å². The minimum absolute atomic E-state index is 0.478. The molecule has 1 saturated heterocycles. The van der Waals surface area contributed by atoms with Crippen molar-refractivity contribution in [3.8, 4) is 0 Å². The zero-order chi connectivity index (χ0) is 13.3. The first-order chi connectivity index (χ1) is 9.40. The van der Waals surface area contributed by atoms with E-state index in [0.29, 0.717) is 12.1 Å². The molecule has 1 aliphatic rings. The average Bonchev–Trinajstić information content (AvgIpc) is 2.49. The van der Waals surface area contributed by atoms with E-state index < -0.39 is 0 Å². The highest BCUT2D eigenvalue weighted by Crippen LogP contribution is 2.23. The predicted octanol–water partition coefficient (Wildman–Crippen LogP) is 4.08. The summed E-state index contributed by atoms with van der Waals surface area (Å²) >= 11 is 0. The zero-order valence-corrected chi connectivity index (χ0v) is 12.1. The Morgan fingerprint density at radius 2 is 2.11 bits per heavy atom. The second kappa shape index (κ2) is 8.34. The van der Waals surface area contributed by atoms with Crippen LogP contribution in [0.25, 0.3) is 0 Å². The Morgan fingerprint density at radius 1 is 1.26 bits per heavy atom. The number of ether oxygens (including phenoxy) is 1. The molecule has 2 unspecified atom stereocenters. The van der Waals surface area contributed by atoms with E-state index in [0.717, 1.165) is 13.2 Å². The molecule has 19 heavy (non-hydrogen) atoms. The van der Waals surface area contributed by atoms with Gasteiger partial charge in [0.05, 0.1) is 6.10 Å². The summed E-state index contributed by atoms with van der Waals surface area (Å²) in [6, 6.07) is 11.3. The third-order valence-corrected chi connectivity index (χ3v) is 3.89. The van der Waals surface area contributed by atoms with Crippen LogP contribution in [0.15, 0.2) is 30.3 Å². The fourth-order valence-corrected chi connectivity index (χ4v) is 2.78. The van der Waals surface area contributed by atoms with Crippen LogP contribution in [0, 0.1) is 0 Å². The van der Waals surface area contributed by atoms with Crippen molar-refractivity contribution in [1.29, 1.82) is 0 Å². The molecule has 0 aliphatic carbocycles. The molecule has 0 bridgehead atoms. The van der Waals surface area contributed by atoms with Crippen LogP contribution in [0.2, 0.25) is 0 Å². The summed E-state index contributed by atoms with van der Waals surface area (Å²) in [5.41, 5.74) is 1.41. The molecule has 0 saturated carbocycles. The Morgan fingerprint density at radius 3 is 2.79 bits per heavy atom. The standard InChI is InChI=1S/C17H27NO/c1-2-13-18-17(15-8-4-3-5-9-15)12-11-16-10-6-7-14-19-16/h3-5,8-9,16-18H,2,6-7,10-14H2,1H3. The van der Waals surface area contributed by atoms with Gasteiger partial charge in [-0.15, -0.1) is 0 Å². The number of hydrogen-bond donors (Lipinski definition) is 1. The normalized spacial score (nSPS) is 21.2. The van der Waals surface area contributed by atoms with Gasteiger partial charge in [0.25, 0.3) is 0 Å². The smallest absolute Gasteiger partial charge is 0.0575 e. The van der Waals surface area contributed by atoms with Gasteiger partial charge in [-0.05, 0) is 50.6 Å². The van der Waals surface area contributed by atoms with Crippen molar-refractivity contribution in [1.82, 2.24) is 5.32 Å². The minimum atomic E-state index is 0.478. The molecule has 2 heteroatoms. The van der Waals surface area contributed by atoms with E-state index in [1.807, 2.05) is 0 Å². The van der Waals surface area contributed by atoms with Crippen LogP contribution in [-0.4, -0.2) is 19.3 Å². The minimum Gasteiger partial charge on any atom is -0.378 e. The van der Waals surface area contributed by atoms with Crippen molar-refractivity contribution >= 4 is 0 Å². The van der Waals surface area contributed by atoms with Crippen molar-refractivity contribution in [2.75, 3.05) is 13.2 Å². The first kappa shape index (κ1) is 14.5. The molecular formula is C17H27NO. The fourth-order valence-electron chi connectivity index (χ4n) is 2.78. The van der Waals surface area contributed by atoms with Crippen LogP contribution in [0.3, 0.4) is 0 Å². The van der Waals surface area contributed by atoms with Crippen LogP contribution in [-0.2, 0) is 4.74 Å². The van der Waals surface area contributed by atoms with Gasteiger partial charge in [0.2, 0.25) is 0 Å². The lowest BCUT2D eigenvalue weighted by molar-refractivity contribution is 0.00854. The molecule has 0 aromatic heterocycles. The van der Waals surface area contributed by atoms with Crippen LogP contribution < -0.4 is 5.32 Å². The summed E-state index contributed by atoms with van der Waals surface area (Å²) in [4.78, 5) is 0. The van der Waals surface area contributed by atoms with E-state index in [9.17, 15) is 0 Å². The van der Waals surface area contributed by atoms with Gasteiger partial charge in [0.15, 0.2) is 0 Å². The molecule has 0 spiro atoms. The van der Waals surface area contributed by atoms with Crippen molar-refractivity contribution in [3.05, 3.63) is 35.9 Å². The maximum Gasteiger partial charge on any atom is 0.0575 e. The lowest BCUT2D eigenvalue weighted by Crippen LogP contribution is -2.25. The fraction of sp³-hybridized carbons (Fsp3) is 0.647. The highest BCUT2D eigenvalue weighted by atomic mass is 16.5. The maximum atomic E-state index is 5.84. The summed E-state index contributed by atoms with van der Waals surface area (Å²) in [6.45, 7) is 4.27. The molecule has 1 aromatic carbocycles. The van der Waals surface area contributed by atoms with Crippen molar-refractivity contribution in [3.63, 3.8) is 0 Å². The largest absolute Gasteiger partial charge is 0.378 e. The van der Waals surface area contributed by atoms with Gasteiger partial charge in [-0.2, -0.15) is 0 Å². The van der Waals surface area contributed by atoms with Crippen LogP contribution in [0.5, 0.6) is 0 Å². The second-order valence-corrected chi connectivity index (χ2v) is 5.48. The third kappa shape index (κ3) is 4.96. The summed E-state index contributed by atoms with van der Waals surface area (Å²) in [5, 5.41) is 3.67. The number of benzene rings is 1. The first-order valence-corrected chi connectivity index (χ1v) is 7.80. The highest BCUT2D eigenvalue weighted by molar-refractivity contribution is 5.18. The average molecular weight is 261 g/mol. The molecule has 2 nitrogen and oxygen atoms in total. The predicted molar refractivity (Wildman–Crippen MR) is 80.3 cm³/mol. The van der Waals surface area contributed by atoms with Gasteiger partial charge in [-0.3, -0.25) is 0 Å². The Labute approximate surface area is 117 Å². The Balaban J connectivity index is 1.86. The summed E-state index contributed by atoms with van der Waals surface area (Å²) < 4.78 is 5.84. The van der Waals surface area contributed by atoms with Crippen molar-refractivity contribution < 1.29 is 4.74 Å². The molecule has 106 valence electrons. The topological polar surface area (TPSA) is 21.3 Å². The number of hydrogen-bond acceptors (Lipinski definition) is 2. The molecule has 2 atom stereocenters. The van der Waals surface area contributed by atoms with Crippen LogP contribution >= 0.6 is 0 Å². The first-order valence-electron chi connectivity index (χ1n) is 7.80. The van der Waals surface area contributed by atoms with Crippen molar-refractivity contribution in [2.45, 2.75) is 57.6 Å². The Kier molecular flexibility index (Phi) is 6.38. The molecule has 0 amide bonds. The van der Waals surface area contributed by atoms with Crippen LogP contribution in [0.1, 0.15) is 57.1 Å². The zero-order valence-electron chi connectivity index (χ0n) is 12.1.